The number of amides is 1. The van der Waals surface area contributed by atoms with Crippen LogP contribution >= 0.6 is 0 Å². The Morgan fingerprint density at radius 1 is 1.18 bits per heavy atom. The summed E-state index contributed by atoms with van der Waals surface area (Å²) in [5.41, 5.74) is 0.541. The van der Waals surface area contributed by atoms with E-state index in [1.807, 2.05) is 4.90 Å². The molecule has 1 heterocycles. The van der Waals surface area contributed by atoms with Gasteiger partial charge >= 0.3 is 0 Å². The minimum absolute atomic E-state index is 0.0202. The normalized spacial score (nSPS) is 22.9. The molecule has 0 spiro atoms. The molecule has 1 aromatic carbocycles. The summed E-state index contributed by atoms with van der Waals surface area (Å²) in [6.45, 7) is 5.04. The zero-order valence-corrected chi connectivity index (χ0v) is 14.4. The number of rotatable bonds is 3. The number of benzene rings is 1. The van der Waals surface area contributed by atoms with Crippen LogP contribution in [-0.2, 0) is 10.0 Å². The fourth-order valence-corrected chi connectivity index (χ4v) is 3.76. The standard InChI is InChI=1S/C16H24N2O3S/c1-12-9-10-18(13(2)11-12)16(19)14-5-7-15(8-6-14)22(20,21)17(3)4/h5-8,12-13H,9-11H2,1-4H3/t12-,13-/m0/s1. The summed E-state index contributed by atoms with van der Waals surface area (Å²) in [4.78, 5) is 14.7. The van der Waals surface area contributed by atoms with Crippen molar-refractivity contribution in [1.29, 1.82) is 0 Å². The quantitative estimate of drug-likeness (QED) is 0.856. The number of carbonyl (C=O) groups is 1. The summed E-state index contributed by atoms with van der Waals surface area (Å²) in [6, 6.07) is 6.42. The van der Waals surface area contributed by atoms with Gasteiger partial charge in [0.05, 0.1) is 4.90 Å². The summed E-state index contributed by atoms with van der Waals surface area (Å²) < 4.78 is 25.2. The van der Waals surface area contributed by atoms with Crippen LogP contribution in [0.25, 0.3) is 0 Å². The van der Waals surface area contributed by atoms with Crippen molar-refractivity contribution in [3.8, 4) is 0 Å². The predicted molar refractivity (Wildman–Crippen MR) is 86.2 cm³/mol. The Balaban J connectivity index is 2.19. The molecule has 122 valence electrons. The minimum Gasteiger partial charge on any atom is -0.336 e. The van der Waals surface area contributed by atoms with E-state index in [-0.39, 0.29) is 16.8 Å². The fourth-order valence-electron chi connectivity index (χ4n) is 2.86. The lowest BCUT2D eigenvalue weighted by molar-refractivity contribution is 0.0588. The molecule has 0 bridgehead atoms. The highest BCUT2D eigenvalue weighted by Gasteiger charge is 2.27. The summed E-state index contributed by atoms with van der Waals surface area (Å²) in [5, 5.41) is 0. The topological polar surface area (TPSA) is 57.7 Å². The first-order valence-corrected chi connectivity index (χ1v) is 9.01. The summed E-state index contributed by atoms with van der Waals surface area (Å²) in [7, 11) is -0.472. The first-order valence-electron chi connectivity index (χ1n) is 7.57. The van der Waals surface area contributed by atoms with Gasteiger partial charge in [-0.3, -0.25) is 4.79 Å². The Hall–Kier alpha value is -1.40. The van der Waals surface area contributed by atoms with E-state index < -0.39 is 10.0 Å². The van der Waals surface area contributed by atoms with Crippen LogP contribution in [0.2, 0.25) is 0 Å². The average Bonchev–Trinajstić information content (AvgIpc) is 2.46. The fraction of sp³-hybridized carbons (Fsp3) is 0.562. The Morgan fingerprint density at radius 2 is 1.77 bits per heavy atom. The average molecular weight is 324 g/mol. The minimum atomic E-state index is -3.45. The van der Waals surface area contributed by atoms with Gasteiger partial charge in [-0.15, -0.1) is 0 Å². The number of hydrogen-bond donors (Lipinski definition) is 0. The maximum Gasteiger partial charge on any atom is 0.254 e. The van der Waals surface area contributed by atoms with Crippen LogP contribution in [0.5, 0.6) is 0 Å². The van der Waals surface area contributed by atoms with Gasteiger partial charge in [0.1, 0.15) is 0 Å². The number of carbonyl (C=O) groups excluding carboxylic acids is 1. The number of likely N-dealkylation sites (tertiary alicyclic amines) is 1. The predicted octanol–water partition coefficient (Wildman–Crippen LogP) is 2.20. The molecule has 0 N–H and O–H groups in total. The highest BCUT2D eigenvalue weighted by atomic mass is 32.2. The van der Waals surface area contributed by atoms with Crippen molar-refractivity contribution in [3.05, 3.63) is 29.8 Å². The molecule has 1 aliphatic rings. The van der Waals surface area contributed by atoms with Crippen molar-refractivity contribution in [1.82, 2.24) is 9.21 Å². The van der Waals surface area contributed by atoms with Crippen molar-refractivity contribution in [2.45, 2.75) is 37.6 Å². The molecule has 0 saturated carbocycles. The van der Waals surface area contributed by atoms with Crippen LogP contribution < -0.4 is 0 Å². The molecule has 0 aromatic heterocycles. The molecule has 1 amide bonds. The lowest BCUT2D eigenvalue weighted by Gasteiger charge is -2.36. The Bertz CT molecular complexity index is 638. The second kappa shape index (κ2) is 6.38. The maximum absolute atomic E-state index is 12.6. The van der Waals surface area contributed by atoms with Crippen LogP contribution in [-0.4, -0.2) is 50.2 Å². The molecule has 2 rings (SSSR count). The van der Waals surface area contributed by atoms with Gasteiger partial charge in [-0.2, -0.15) is 0 Å². The van der Waals surface area contributed by atoms with Crippen LogP contribution in [0, 0.1) is 5.92 Å². The second-order valence-electron chi connectivity index (χ2n) is 6.29. The molecule has 22 heavy (non-hydrogen) atoms. The van der Waals surface area contributed by atoms with Crippen molar-refractivity contribution in [3.63, 3.8) is 0 Å². The monoisotopic (exact) mass is 324 g/mol. The van der Waals surface area contributed by atoms with Crippen molar-refractivity contribution in [2.75, 3.05) is 20.6 Å². The molecular formula is C16H24N2O3S. The van der Waals surface area contributed by atoms with E-state index in [9.17, 15) is 13.2 Å². The number of sulfonamides is 1. The van der Waals surface area contributed by atoms with Crippen LogP contribution in [0.4, 0.5) is 0 Å². The summed E-state index contributed by atoms with van der Waals surface area (Å²) in [6.07, 6.45) is 2.03. The van der Waals surface area contributed by atoms with Gasteiger partial charge in [-0.1, -0.05) is 6.92 Å². The molecule has 1 fully saturated rings. The van der Waals surface area contributed by atoms with E-state index in [0.29, 0.717) is 11.5 Å². The van der Waals surface area contributed by atoms with E-state index in [0.717, 1.165) is 23.7 Å². The molecule has 5 nitrogen and oxygen atoms in total. The zero-order valence-electron chi connectivity index (χ0n) is 13.6. The lowest BCUT2D eigenvalue weighted by atomic mass is 9.93. The summed E-state index contributed by atoms with van der Waals surface area (Å²) >= 11 is 0. The first kappa shape index (κ1) is 17.0. The van der Waals surface area contributed by atoms with E-state index in [1.54, 1.807) is 12.1 Å². The van der Waals surface area contributed by atoms with Crippen LogP contribution in [0.3, 0.4) is 0 Å². The smallest absolute Gasteiger partial charge is 0.254 e. The van der Waals surface area contributed by atoms with Gasteiger partial charge in [0.15, 0.2) is 0 Å². The third kappa shape index (κ3) is 3.33. The molecule has 2 atom stereocenters. The second-order valence-corrected chi connectivity index (χ2v) is 8.44. The van der Waals surface area contributed by atoms with Crippen molar-refractivity contribution < 1.29 is 13.2 Å². The van der Waals surface area contributed by atoms with Crippen molar-refractivity contribution >= 4 is 15.9 Å². The first-order chi connectivity index (χ1) is 10.2. The SMILES string of the molecule is C[C@H]1CCN(C(=O)c2ccc(S(=O)(=O)N(C)C)cc2)[C@@H](C)C1. The van der Waals surface area contributed by atoms with E-state index in [1.165, 1.54) is 26.2 Å². The van der Waals surface area contributed by atoms with Gasteiger partial charge in [0.2, 0.25) is 10.0 Å². The highest BCUT2D eigenvalue weighted by Crippen LogP contribution is 2.24. The highest BCUT2D eigenvalue weighted by molar-refractivity contribution is 7.89. The number of nitrogens with zero attached hydrogens (tertiary/aromatic N) is 2. The number of piperidine rings is 1. The maximum atomic E-state index is 12.6. The van der Waals surface area contributed by atoms with E-state index >= 15 is 0 Å². The molecule has 6 heteroatoms. The lowest BCUT2D eigenvalue weighted by Crippen LogP contribution is -2.44. The Labute approximate surface area is 133 Å². The van der Waals surface area contributed by atoms with E-state index in [4.69, 9.17) is 0 Å². The molecule has 1 aliphatic heterocycles. The van der Waals surface area contributed by atoms with E-state index in [2.05, 4.69) is 13.8 Å². The largest absolute Gasteiger partial charge is 0.336 e. The molecule has 0 aliphatic carbocycles. The van der Waals surface area contributed by atoms with Gasteiger partial charge in [0, 0.05) is 32.2 Å². The molecule has 0 unspecified atom stereocenters. The molecular weight excluding hydrogens is 300 g/mol. The van der Waals surface area contributed by atoms with Gasteiger partial charge in [-0.05, 0) is 49.9 Å². The third-order valence-electron chi connectivity index (χ3n) is 4.28. The van der Waals surface area contributed by atoms with Crippen LogP contribution in [0.1, 0.15) is 37.0 Å². The van der Waals surface area contributed by atoms with Gasteiger partial charge in [0.25, 0.3) is 5.91 Å². The Morgan fingerprint density at radius 3 is 2.27 bits per heavy atom. The van der Waals surface area contributed by atoms with Gasteiger partial charge in [-0.25, -0.2) is 12.7 Å². The zero-order chi connectivity index (χ0) is 16.5. The van der Waals surface area contributed by atoms with Crippen LogP contribution in [0.15, 0.2) is 29.2 Å². The van der Waals surface area contributed by atoms with Crippen molar-refractivity contribution in [2.24, 2.45) is 5.92 Å². The Kier molecular flexibility index (Phi) is 4.92. The number of hydrogen-bond acceptors (Lipinski definition) is 3. The molecule has 1 aromatic rings. The summed E-state index contributed by atoms with van der Waals surface area (Å²) in [5.74, 6) is 0.625. The van der Waals surface area contributed by atoms with Gasteiger partial charge < -0.3 is 4.90 Å². The molecule has 0 radical (unpaired) electrons. The third-order valence-corrected chi connectivity index (χ3v) is 6.11. The molecule has 1 saturated heterocycles.